The molecular weight excluding hydrogens is 283 g/mol. The first-order valence-corrected chi connectivity index (χ1v) is 8.04. The van der Waals surface area contributed by atoms with Gasteiger partial charge in [0.05, 0.1) is 6.10 Å². The molecule has 2 rings (SSSR count). The lowest BCUT2D eigenvalue weighted by Gasteiger charge is -2.26. The Balaban J connectivity index is 2.23. The quantitative estimate of drug-likeness (QED) is 0.734. The highest BCUT2D eigenvalue weighted by Crippen LogP contribution is 2.24. The molecule has 1 aliphatic carbocycles. The topological polar surface area (TPSA) is 92.4 Å². The minimum Gasteiger partial charge on any atom is -0.399 e. The minimum atomic E-state index is -3.94. The van der Waals surface area contributed by atoms with Crippen molar-refractivity contribution in [2.75, 3.05) is 5.73 Å². The summed E-state index contributed by atoms with van der Waals surface area (Å²) in [4.78, 5) is -0.416. The SMILES string of the molecule is Cc1cc(N)cc(S(=O)(=O)NC2CCC(O)CC2)c1F. The second-order valence-electron chi connectivity index (χ2n) is 5.28. The van der Waals surface area contributed by atoms with Crippen LogP contribution in [0.15, 0.2) is 17.0 Å². The van der Waals surface area contributed by atoms with E-state index in [1.54, 1.807) is 0 Å². The number of benzene rings is 1. The Labute approximate surface area is 118 Å². The van der Waals surface area contributed by atoms with Crippen LogP contribution in [0.5, 0.6) is 0 Å². The molecule has 0 heterocycles. The van der Waals surface area contributed by atoms with Crippen molar-refractivity contribution in [1.82, 2.24) is 4.72 Å². The summed E-state index contributed by atoms with van der Waals surface area (Å²) in [6.07, 6.45) is 1.81. The molecule has 20 heavy (non-hydrogen) atoms. The van der Waals surface area contributed by atoms with Crippen molar-refractivity contribution in [3.05, 3.63) is 23.5 Å². The van der Waals surface area contributed by atoms with Crippen molar-refractivity contribution in [3.63, 3.8) is 0 Å². The van der Waals surface area contributed by atoms with Crippen LogP contribution in [0.2, 0.25) is 0 Å². The molecule has 0 aromatic heterocycles. The van der Waals surface area contributed by atoms with Crippen LogP contribution in [0.1, 0.15) is 31.2 Å². The molecular formula is C13H19FN2O3S. The van der Waals surface area contributed by atoms with Gasteiger partial charge in [-0.25, -0.2) is 17.5 Å². The predicted molar refractivity (Wildman–Crippen MR) is 74.1 cm³/mol. The van der Waals surface area contributed by atoms with Crippen LogP contribution in [0.25, 0.3) is 0 Å². The first-order valence-electron chi connectivity index (χ1n) is 6.55. The van der Waals surface area contributed by atoms with Crippen molar-refractivity contribution in [3.8, 4) is 0 Å². The van der Waals surface area contributed by atoms with E-state index >= 15 is 0 Å². The Morgan fingerprint density at radius 2 is 1.90 bits per heavy atom. The molecule has 1 saturated carbocycles. The molecule has 0 spiro atoms. The Hall–Kier alpha value is -1.18. The Morgan fingerprint density at radius 3 is 2.50 bits per heavy atom. The number of nitrogens with one attached hydrogen (secondary N) is 1. The molecule has 5 nitrogen and oxygen atoms in total. The van der Waals surface area contributed by atoms with Crippen molar-refractivity contribution in [1.29, 1.82) is 0 Å². The molecule has 0 radical (unpaired) electrons. The molecule has 0 aliphatic heterocycles. The predicted octanol–water partition coefficient (Wildman–Crippen LogP) is 1.30. The van der Waals surface area contributed by atoms with E-state index in [4.69, 9.17) is 5.73 Å². The molecule has 0 saturated heterocycles. The van der Waals surface area contributed by atoms with Gasteiger partial charge in [0.15, 0.2) is 0 Å². The normalized spacial score (nSPS) is 23.8. The Morgan fingerprint density at radius 1 is 1.30 bits per heavy atom. The number of nitrogen functional groups attached to an aromatic ring is 1. The molecule has 4 N–H and O–H groups in total. The van der Waals surface area contributed by atoms with E-state index in [0.717, 1.165) is 6.07 Å². The molecule has 0 unspecified atom stereocenters. The van der Waals surface area contributed by atoms with E-state index in [1.807, 2.05) is 0 Å². The van der Waals surface area contributed by atoms with Crippen LogP contribution >= 0.6 is 0 Å². The summed E-state index contributed by atoms with van der Waals surface area (Å²) >= 11 is 0. The number of hydrogen-bond acceptors (Lipinski definition) is 4. The zero-order valence-electron chi connectivity index (χ0n) is 11.3. The summed E-state index contributed by atoms with van der Waals surface area (Å²) in [7, 11) is -3.94. The van der Waals surface area contributed by atoms with Gasteiger partial charge in [-0.3, -0.25) is 0 Å². The van der Waals surface area contributed by atoms with Gasteiger partial charge < -0.3 is 10.8 Å². The summed E-state index contributed by atoms with van der Waals surface area (Å²) in [6, 6.07) is 2.25. The van der Waals surface area contributed by atoms with Crippen molar-refractivity contribution >= 4 is 15.7 Å². The minimum absolute atomic E-state index is 0.199. The van der Waals surface area contributed by atoms with Crippen LogP contribution < -0.4 is 10.5 Å². The highest BCUT2D eigenvalue weighted by atomic mass is 32.2. The van der Waals surface area contributed by atoms with E-state index in [0.29, 0.717) is 25.7 Å². The summed E-state index contributed by atoms with van der Waals surface area (Å²) in [5.74, 6) is -0.775. The number of anilines is 1. The molecule has 1 fully saturated rings. The van der Waals surface area contributed by atoms with Crippen LogP contribution in [-0.2, 0) is 10.0 Å². The number of nitrogens with two attached hydrogens (primary N) is 1. The van der Waals surface area contributed by atoms with E-state index in [2.05, 4.69) is 4.72 Å². The molecule has 1 aromatic carbocycles. The number of aryl methyl sites for hydroxylation is 1. The number of halogens is 1. The Kier molecular flexibility index (Phi) is 4.31. The average Bonchev–Trinajstić information content (AvgIpc) is 2.36. The van der Waals surface area contributed by atoms with Crippen molar-refractivity contribution < 1.29 is 17.9 Å². The monoisotopic (exact) mass is 302 g/mol. The Bertz CT molecular complexity index is 596. The number of aliphatic hydroxyl groups excluding tert-OH is 1. The lowest BCUT2D eigenvalue weighted by atomic mass is 9.94. The standard InChI is InChI=1S/C13H19FN2O3S/c1-8-6-9(15)7-12(13(8)14)20(18,19)16-10-2-4-11(17)5-3-10/h6-7,10-11,16-17H,2-5,15H2,1H3. The van der Waals surface area contributed by atoms with Crippen molar-refractivity contribution in [2.24, 2.45) is 0 Å². The van der Waals surface area contributed by atoms with Gasteiger partial charge in [0, 0.05) is 11.7 Å². The maximum absolute atomic E-state index is 14.0. The van der Waals surface area contributed by atoms with Gasteiger partial charge in [-0.1, -0.05) is 0 Å². The molecule has 1 aromatic rings. The number of hydrogen-bond donors (Lipinski definition) is 3. The van der Waals surface area contributed by atoms with Crippen LogP contribution in [0, 0.1) is 12.7 Å². The summed E-state index contributed by atoms with van der Waals surface area (Å²) in [6.45, 7) is 1.47. The van der Waals surface area contributed by atoms with Crippen LogP contribution in [0.3, 0.4) is 0 Å². The van der Waals surface area contributed by atoms with Gasteiger partial charge in [0.2, 0.25) is 10.0 Å². The van der Waals surface area contributed by atoms with Gasteiger partial charge >= 0.3 is 0 Å². The smallest absolute Gasteiger partial charge is 0.243 e. The van der Waals surface area contributed by atoms with Gasteiger partial charge in [0.1, 0.15) is 10.7 Å². The zero-order chi connectivity index (χ0) is 14.9. The number of rotatable bonds is 3. The van der Waals surface area contributed by atoms with Crippen molar-refractivity contribution in [2.45, 2.75) is 49.6 Å². The van der Waals surface area contributed by atoms with Gasteiger partial charge in [-0.2, -0.15) is 0 Å². The van der Waals surface area contributed by atoms with Gasteiger partial charge in [0.25, 0.3) is 0 Å². The zero-order valence-corrected chi connectivity index (χ0v) is 12.1. The second kappa shape index (κ2) is 5.67. The highest BCUT2D eigenvalue weighted by Gasteiger charge is 2.27. The molecule has 1 aliphatic rings. The van der Waals surface area contributed by atoms with E-state index < -0.39 is 20.7 Å². The van der Waals surface area contributed by atoms with E-state index in [-0.39, 0.29) is 23.4 Å². The third-order valence-electron chi connectivity index (χ3n) is 3.55. The summed E-state index contributed by atoms with van der Waals surface area (Å²) < 4.78 is 40.9. The van der Waals surface area contributed by atoms with E-state index in [9.17, 15) is 17.9 Å². The fraction of sp³-hybridized carbons (Fsp3) is 0.538. The second-order valence-corrected chi connectivity index (χ2v) is 6.96. The third-order valence-corrected chi connectivity index (χ3v) is 5.07. The lowest BCUT2D eigenvalue weighted by molar-refractivity contribution is 0.120. The maximum Gasteiger partial charge on any atom is 0.243 e. The maximum atomic E-state index is 14.0. The van der Waals surface area contributed by atoms with Gasteiger partial charge in [-0.05, 0) is 50.3 Å². The molecule has 112 valence electrons. The van der Waals surface area contributed by atoms with Crippen LogP contribution in [-0.4, -0.2) is 25.7 Å². The molecule has 0 bridgehead atoms. The number of aliphatic hydroxyl groups is 1. The molecule has 0 amide bonds. The average molecular weight is 302 g/mol. The first kappa shape index (κ1) is 15.2. The van der Waals surface area contributed by atoms with Crippen LogP contribution in [0.4, 0.5) is 10.1 Å². The lowest BCUT2D eigenvalue weighted by Crippen LogP contribution is -2.38. The van der Waals surface area contributed by atoms with Gasteiger partial charge in [-0.15, -0.1) is 0 Å². The molecule has 7 heteroatoms. The molecule has 0 atom stereocenters. The van der Waals surface area contributed by atoms with E-state index in [1.165, 1.54) is 13.0 Å². The third kappa shape index (κ3) is 3.28. The largest absolute Gasteiger partial charge is 0.399 e. The first-order chi connectivity index (χ1) is 9.29. The number of sulfonamides is 1. The summed E-state index contributed by atoms with van der Waals surface area (Å²) in [5.41, 5.74) is 5.99. The fourth-order valence-corrected chi connectivity index (χ4v) is 3.93. The summed E-state index contributed by atoms with van der Waals surface area (Å²) in [5, 5.41) is 9.41. The fourth-order valence-electron chi connectivity index (χ4n) is 2.44. The highest BCUT2D eigenvalue weighted by molar-refractivity contribution is 7.89.